The number of thioether (sulfide) groups is 1. The lowest BCUT2D eigenvalue weighted by Crippen LogP contribution is -2.69. The van der Waals surface area contributed by atoms with Crippen LogP contribution in [0.25, 0.3) is 0 Å². The van der Waals surface area contributed by atoms with E-state index >= 15 is 4.79 Å². The molecule has 3 aromatic carbocycles. The number of ether oxygens (including phenoxy) is 7. The summed E-state index contributed by atoms with van der Waals surface area (Å²) in [5.74, 6) is -0.634. The summed E-state index contributed by atoms with van der Waals surface area (Å²) >= 11 is 1.37. The third-order valence-corrected chi connectivity index (χ3v) is 18.7. The number of rotatable bonds is 8. The number of methoxy groups -OCH3 is 2. The van der Waals surface area contributed by atoms with E-state index in [9.17, 15) is 34.2 Å². The average molecular weight is 1050 g/mol. The fourth-order valence-electron chi connectivity index (χ4n) is 13.8. The van der Waals surface area contributed by atoms with Gasteiger partial charge in [-0.15, -0.1) is 11.8 Å². The molecule has 1 spiro atoms. The maximum atomic E-state index is 15.9. The quantitative estimate of drug-likeness (QED) is 0.116. The van der Waals surface area contributed by atoms with Gasteiger partial charge >= 0.3 is 18.0 Å². The van der Waals surface area contributed by atoms with E-state index < -0.39 is 71.9 Å². The summed E-state index contributed by atoms with van der Waals surface area (Å²) in [6.45, 7) is 6.48. The molecule has 7 atom stereocenters. The number of hydrogen-bond acceptors (Lipinski definition) is 18. The van der Waals surface area contributed by atoms with Crippen molar-refractivity contribution < 1.29 is 72.1 Å². The number of benzene rings is 3. The molecule has 20 heteroatoms. The van der Waals surface area contributed by atoms with E-state index in [1.165, 1.54) is 47.7 Å². The third-order valence-electron chi connectivity index (χ3n) is 17.2. The monoisotopic (exact) mass is 1050 g/mol. The van der Waals surface area contributed by atoms with Gasteiger partial charge < -0.3 is 43.4 Å². The van der Waals surface area contributed by atoms with Crippen LogP contribution in [0.5, 0.6) is 34.5 Å². The fraction of sp³-hybridized carbons (Fsp3) is 0.527. The Labute approximate surface area is 438 Å². The number of carbonyl (C=O) groups excluding carboxylic acids is 6. The van der Waals surface area contributed by atoms with Crippen LogP contribution in [-0.4, -0.2) is 137 Å². The predicted molar refractivity (Wildman–Crippen MR) is 268 cm³/mol. The Morgan fingerprint density at radius 3 is 2.28 bits per heavy atom. The number of carbonyl (C=O) groups is 6. The molecule has 3 aromatic rings. The summed E-state index contributed by atoms with van der Waals surface area (Å²) in [5, 5.41) is 24.4. The summed E-state index contributed by atoms with van der Waals surface area (Å²) in [4.78, 5) is 88.8. The van der Waals surface area contributed by atoms with Gasteiger partial charge in [0.15, 0.2) is 28.8 Å². The van der Waals surface area contributed by atoms with Crippen LogP contribution in [0.15, 0.2) is 30.4 Å². The lowest BCUT2D eigenvalue weighted by Gasteiger charge is -2.62. The minimum absolute atomic E-state index is 0.0114. The first-order chi connectivity index (χ1) is 36.0. The van der Waals surface area contributed by atoms with Crippen molar-refractivity contribution >= 4 is 47.4 Å². The van der Waals surface area contributed by atoms with Gasteiger partial charge in [-0.3, -0.25) is 43.6 Å². The van der Waals surface area contributed by atoms with Crippen LogP contribution in [0.1, 0.15) is 113 Å². The second kappa shape index (κ2) is 19.3. The summed E-state index contributed by atoms with van der Waals surface area (Å²) in [6, 6.07) is 3.37. The van der Waals surface area contributed by atoms with Crippen LogP contribution >= 0.6 is 11.8 Å². The molecule has 2 N–H and O–H groups in total. The van der Waals surface area contributed by atoms with E-state index in [1.54, 1.807) is 14.0 Å². The summed E-state index contributed by atoms with van der Waals surface area (Å²) < 4.78 is 41.9. The van der Waals surface area contributed by atoms with E-state index in [1.807, 2.05) is 39.1 Å². The van der Waals surface area contributed by atoms with Crippen molar-refractivity contribution in [2.24, 2.45) is 11.8 Å². The molecule has 1 saturated carbocycles. The number of esters is 2. The van der Waals surface area contributed by atoms with Gasteiger partial charge in [-0.05, 0) is 113 Å². The zero-order valence-electron chi connectivity index (χ0n) is 43.1. The standard InChI is InChI=1S/C55H62N4O15S/c1-26-18-32-16-17-58(54(67)73-25-72-53(66)31-10-8-30(9-11-31)22-57-39(62)14-15-40(57)63)55(34(32)21-37(26)68-6)23-75-51-43-42(50-49(70-24-71-50)28(3)48(43)74-29(4)60)35(12-13-38(55)61)59-45(51)44-41-33(20-36(52(59)65)56(44)5)19-27(2)47(69-7)46(41)64/h14-15,18-19,21,30-31,35-36,44-45,51-52,64-65H,8-13,16-17,20,22-25H2,1-7H3/t30?,31?,35-,36-,44+,45+,51+,52-,55+/m0/s1. The molecule has 398 valence electrons. The molecule has 4 bridgehead atoms. The Morgan fingerprint density at radius 1 is 0.853 bits per heavy atom. The lowest BCUT2D eigenvalue weighted by atomic mass is 9.71. The molecule has 0 aromatic heterocycles. The highest BCUT2D eigenvalue weighted by molar-refractivity contribution is 7.99. The number of aryl methyl sites for hydroxylation is 2. The van der Waals surface area contributed by atoms with Crippen molar-refractivity contribution in [2.45, 2.75) is 120 Å². The minimum atomic E-state index is -1.70. The van der Waals surface area contributed by atoms with Crippen molar-refractivity contribution in [1.29, 1.82) is 0 Å². The number of hydrogen-bond donors (Lipinski definition) is 2. The van der Waals surface area contributed by atoms with Gasteiger partial charge in [0.2, 0.25) is 13.6 Å². The number of amides is 3. The van der Waals surface area contributed by atoms with Gasteiger partial charge in [0.1, 0.15) is 23.3 Å². The van der Waals surface area contributed by atoms with E-state index in [-0.39, 0.29) is 73.5 Å². The Hall–Kier alpha value is -6.35. The van der Waals surface area contributed by atoms with Gasteiger partial charge in [0, 0.05) is 78.7 Å². The van der Waals surface area contributed by atoms with Gasteiger partial charge in [-0.2, -0.15) is 0 Å². The zero-order valence-corrected chi connectivity index (χ0v) is 43.9. The molecule has 8 aliphatic heterocycles. The van der Waals surface area contributed by atoms with Crippen molar-refractivity contribution in [2.75, 3.05) is 53.7 Å². The number of nitrogens with zero attached hydrogens (tertiary/aromatic N) is 4. The lowest BCUT2D eigenvalue weighted by molar-refractivity contribution is -0.175. The molecule has 12 rings (SSSR count). The molecule has 3 amide bonds. The highest BCUT2D eigenvalue weighted by atomic mass is 32.2. The van der Waals surface area contributed by atoms with Crippen LogP contribution in [0.3, 0.4) is 0 Å². The van der Waals surface area contributed by atoms with Gasteiger partial charge in [0.25, 0.3) is 11.8 Å². The number of aliphatic hydroxyl groups excluding tert-OH is 1. The average Bonchev–Trinajstić information content (AvgIpc) is 4.01. The van der Waals surface area contributed by atoms with Crippen molar-refractivity contribution in [3.63, 3.8) is 0 Å². The molecular weight excluding hydrogens is 989 g/mol. The summed E-state index contributed by atoms with van der Waals surface area (Å²) in [5.41, 5.74) is 4.59. The van der Waals surface area contributed by atoms with Gasteiger partial charge in [-0.25, -0.2) is 4.79 Å². The molecular formula is C55H62N4O15S. The van der Waals surface area contributed by atoms with E-state index in [0.29, 0.717) is 89.3 Å². The van der Waals surface area contributed by atoms with Gasteiger partial charge in [-0.1, -0.05) is 12.1 Å². The SMILES string of the molecule is COc1cc2c(cc1C)CCN(C(=O)OCOC(=O)C1CCC(CN3C(=O)C=CC3=O)CC1)[C@]21CS[C@@H]2c3c(OC(C)=O)c(C)c4c(c3[C@H](CCC1=O)N1[C@@H]2[C@H]2c3c(cc(C)c(OC)c3O)C[C@@H]([C@@H]1O)N2C)OCO4. The molecule has 3 fully saturated rings. The van der Waals surface area contributed by atoms with Gasteiger partial charge in [0.05, 0.1) is 37.5 Å². The van der Waals surface area contributed by atoms with Crippen LogP contribution in [-0.2, 0) is 51.8 Å². The van der Waals surface area contributed by atoms with E-state index in [2.05, 4.69) is 9.80 Å². The van der Waals surface area contributed by atoms with Crippen LogP contribution in [0.2, 0.25) is 0 Å². The van der Waals surface area contributed by atoms with Crippen LogP contribution in [0.4, 0.5) is 4.79 Å². The largest absolute Gasteiger partial charge is 0.504 e. The number of fused-ring (bicyclic) bond motifs is 9. The summed E-state index contributed by atoms with van der Waals surface area (Å²) in [6.07, 6.45) is 3.46. The first-order valence-corrected chi connectivity index (χ1v) is 26.7. The Morgan fingerprint density at radius 2 is 1.57 bits per heavy atom. The minimum Gasteiger partial charge on any atom is -0.504 e. The van der Waals surface area contributed by atoms with E-state index in [4.69, 9.17) is 33.2 Å². The Balaban J connectivity index is 0.986. The van der Waals surface area contributed by atoms with Crippen LogP contribution in [0, 0.1) is 32.6 Å². The normalized spacial score (nSPS) is 28.6. The molecule has 19 nitrogen and oxygen atoms in total. The number of likely N-dealkylation sites (N-methyl/N-ethyl adjacent to an activating group) is 1. The fourth-order valence-corrected chi connectivity index (χ4v) is 15.5. The maximum absolute atomic E-state index is 15.9. The van der Waals surface area contributed by atoms with Crippen LogP contribution < -0.4 is 23.7 Å². The topological polar surface area (TPSA) is 220 Å². The second-order valence-electron chi connectivity index (χ2n) is 21.1. The number of aromatic hydroxyl groups is 1. The number of phenolic OH excluding ortho intramolecular Hbond substituents is 1. The van der Waals surface area contributed by atoms with Crippen molar-refractivity contribution in [3.05, 3.63) is 80.4 Å². The summed E-state index contributed by atoms with van der Waals surface area (Å²) in [7, 11) is 5.00. The second-order valence-corrected chi connectivity index (χ2v) is 22.2. The maximum Gasteiger partial charge on any atom is 0.413 e. The number of ketones is 1. The molecule has 0 radical (unpaired) electrons. The first kappa shape index (κ1) is 50.8. The highest BCUT2D eigenvalue weighted by Gasteiger charge is 2.62. The number of Topliss-reactive ketones (excluding diaryl/α,β-unsaturated/α-hetero) is 1. The smallest absolute Gasteiger partial charge is 0.413 e. The Kier molecular flexibility index (Phi) is 13.1. The molecule has 9 aliphatic rings. The predicted octanol–water partition coefficient (Wildman–Crippen LogP) is 5.90. The number of phenols is 1. The molecule has 2 saturated heterocycles. The molecule has 8 heterocycles. The zero-order chi connectivity index (χ0) is 52.9. The molecule has 0 unspecified atom stereocenters. The number of aliphatic hydroxyl groups is 1. The number of piperazine rings is 1. The number of imide groups is 1. The van der Waals surface area contributed by atoms with E-state index in [0.717, 1.165) is 22.3 Å². The first-order valence-electron chi connectivity index (χ1n) is 25.7. The van der Waals surface area contributed by atoms with Crippen molar-refractivity contribution in [1.82, 2.24) is 19.6 Å². The Bertz CT molecular complexity index is 2950. The molecule has 1 aliphatic carbocycles. The van der Waals surface area contributed by atoms with Crippen molar-refractivity contribution in [3.8, 4) is 34.5 Å². The molecule has 75 heavy (non-hydrogen) atoms. The third kappa shape index (κ3) is 8.02. The highest BCUT2D eigenvalue weighted by Crippen LogP contribution is 2.65.